The summed E-state index contributed by atoms with van der Waals surface area (Å²) in [5.41, 5.74) is 6.52. The lowest BCUT2D eigenvalue weighted by molar-refractivity contribution is 0.0954. The second-order valence-corrected chi connectivity index (χ2v) is 8.92. The van der Waals surface area contributed by atoms with E-state index in [1.54, 1.807) is 29.2 Å². The number of amides is 3. The van der Waals surface area contributed by atoms with E-state index in [9.17, 15) is 18.8 Å². The summed E-state index contributed by atoms with van der Waals surface area (Å²) in [4.78, 5) is 45.9. The SMILES string of the molecule is NC(=O)c1[nH]cnc1C(=O)N(CCC1CCCC1)c1ccc(NC(=O)c2ccc(F)cc2Cl)cc1. The van der Waals surface area contributed by atoms with Crippen LogP contribution in [0.3, 0.4) is 0 Å². The van der Waals surface area contributed by atoms with Gasteiger partial charge in [-0.15, -0.1) is 0 Å². The third kappa shape index (κ3) is 5.68. The van der Waals surface area contributed by atoms with Crippen LogP contribution < -0.4 is 16.0 Å². The zero-order valence-corrected chi connectivity index (χ0v) is 19.6. The molecule has 35 heavy (non-hydrogen) atoms. The van der Waals surface area contributed by atoms with Crippen LogP contribution in [0.4, 0.5) is 15.8 Å². The van der Waals surface area contributed by atoms with Gasteiger partial charge in [0.2, 0.25) is 0 Å². The summed E-state index contributed by atoms with van der Waals surface area (Å²) in [7, 11) is 0. The molecule has 1 heterocycles. The van der Waals surface area contributed by atoms with Gasteiger partial charge in [0.15, 0.2) is 5.69 Å². The van der Waals surface area contributed by atoms with Crippen molar-refractivity contribution in [3.05, 3.63) is 76.6 Å². The lowest BCUT2D eigenvalue weighted by atomic mass is 10.0. The molecule has 0 spiro atoms. The monoisotopic (exact) mass is 497 g/mol. The van der Waals surface area contributed by atoms with E-state index < -0.39 is 23.5 Å². The molecule has 8 nitrogen and oxygen atoms in total. The number of benzene rings is 2. The summed E-state index contributed by atoms with van der Waals surface area (Å²) in [6, 6.07) is 10.2. The molecule has 0 saturated heterocycles. The third-order valence-corrected chi connectivity index (χ3v) is 6.49. The molecule has 182 valence electrons. The Bertz CT molecular complexity index is 1240. The summed E-state index contributed by atoms with van der Waals surface area (Å²) >= 11 is 5.98. The first-order valence-corrected chi connectivity index (χ1v) is 11.7. The minimum atomic E-state index is -0.765. The Balaban J connectivity index is 1.54. The number of carbonyl (C=O) groups is 3. The second kappa shape index (κ2) is 10.7. The maximum atomic E-state index is 13.4. The minimum Gasteiger partial charge on any atom is -0.364 e. The molecule has 10 heteroatoms. The number of nitrogens with zero attached hydrogens (tertiary/aromatic N) is 2. The molecule has 4 N–H and O–H groups in total. The molecule has 0 aliphatic heterocycles. The van der Waals surface area contributed by atoms with E-state index in [1.165, 1.54) is 25.2 Å². The van der Waals surface area contributed by atoms with Crippen LogP contribution in [0.2, 0.25) is 5.02 Å². The largest absolute Gasteiger partial charge is 0.364 e. The van der Waals surface area contributed by atoms with Gasteiger partial charge in [0.05, 0.1) is 16.9 Å². The van der Waals surface area contributed by atoms with Gasteiger partial charge in [0, 0.05) is 17.9 Å². The van der Waals surface area contributed by atoms with Gasteiger partial charge in [0.25, 0.3) is 17.7 Å². The Labute approximate surface area is 206 Å². The molecule has 2 aromatic carbocycles. The predicted molar refractivity (Wildman–Crippen MR) is 131 cm³/mol. The molecular weight excluding hydrogens is 473 g/mol. The summed E-state index contributed by atoms with van der Waals surface area (Å²) in [6.07, 6.45) is 6.74. The predicted octanol–water partition coefficient (Wildman–Crippen LogP) is 4.78. The van der Waals surface area contributed by atoms with Gasteiger partial charge < -0.3 is 20.9 Å². The standard InChI is InChI=1S/C25H25ClFN5O3/c26-20-13-16(27)5-10-19(20)24(34)31-17-6-8-18(9-7-17)32(12-11-15-3-1-2-4-15)25(35)22-21(23(28)33)29-14-30-22/h5-10,13-15H,1-4,11-12H2,(H2,28,33)(H,29,30)(H,31,34). The lowest BCUT2D eigenvalue weighted by Gasteiger charge is -2.24. The van der Waals surface area contributed by atoms with E-state index in [-0.39, 0.29) is 22.0 Å². The van der Waals surface area contributed by atoms with Crippen molar-refractivity contribution in [3.8, 4) is 0 Å². The van der Waals surface area contributed by atoms with Crippen molar-refractivity contribution in [1.82, 2.24) is 9.97 Å². The highest BCUT2D eigenvalue weighted by Gasteiger charge is 2.26. The van der Waals surface area contributed by atoms with Crippen molar-refractivity contribution in [1.29, 1.82) is 0 Å². The van der Waals surface area contributed by atoms with E-state index in [1.807, 2.05) is 0 Å². The number of hydrogen-bond donors (Lipinski definition) is 3. The van der Waals surface area contributed by atoms with Crippen LogP contribution in [0.1, 0.15) is 63.4 Å². The number of nitrogens with one attached hydrogen (secondary N) is 2. The fourth-order valence-electron chi connectivity index (χ4n) is 4.33. The molecule has 0 unspecified atom stereocenters. The molecule has 1 fully saturated rings. The third-order valence-electron chi connectivity index (χ3n) is 6.18. The van der Waals surface area contributed by atoms with Gasteiger partial charge in [-0.05, 0) is 54.8 Å². The topological polar surface area (TPSA) is 121 Å². The first-order valence-electron chi connectivity index (χ1n) is 11.3. The van der Waals surface area contributed by atoms with Crippen molar-refractivity contribution in [3.63, 3.8) is 0 Å². The van der Waals surface area contributed by atoms with Crippen molar-refractivity contribution in [2.45, 2.75) is 32.1 Å². The molecule has 1 aliphatic carbocycles. The number of halogens is 2. The fourth-order valence-corrected chi connectivity index (χ4v) is 4.58. The maximum Gasteiger partial charge on any atom is 0.279 e. The lowest BCUT2D eigenvalue weighted by Crippen LogP contribution is -2.34. The van der Waals surface area contributed by atoms with Crippen LogP contribution in [0, 0.1) is 11.7 Å². The normalized spacial score (nSPS) is 13.5. The van der Waals surface area contributed by atoms with Crippen LogP contribution >= 0.6 is 11.6 Å². The van der Waals surface area contributed by atoms with Crippen molar-refractivity contribution >= 4 is 40.7 Å². The Morgan fingerprint density at radius 2 is 1.86 bits per heavy atom. The molecule has 1 saturated carbocycles. The van der Waals surface area contributed by atoms with Crippen LogP contribution in [0.5, 0.6) is 0 Å². The molecule has 3 amide bonds. The molecule has 4 rings (SSSR count). The van der Waals surface area contributed by atoms with Gasteiger partial charge in [0.1, 0.15) is 11.5 Å². The van der Waals surface area contributed by atoms with E-state index in [2.05, 4.69) is 15.3 Å². The highest BCUT2D eigenvalue weighted by molar-refractivity contribution is 6.34. The first-order chi connectivity index (χ1) is 16.8. The number of nitrogens with two attached hydrogens (primary N) is 1. The summed E-state index contributed by atoms with van der Waals surface area (Å²) in [5.74, 6) is -1.68. The molecule has 1 aliphatic rings. The molecular formula is C25H25ClFN5O3. The van der Waals surface area contributed by atoms with Crippen LogP contribution in [0.15, 0.2) is 48.8 Å². The van der Waals surface area contributed by atoms with Crippen molar-refractivity contribution in [2.24, 2.45) is 11.7 Å². The van der Waals surface area contributed by atoms with Crippen LogP contribution in [0.25, 0.3) is 0 Å². The Morgan fingerprint density at radius 1 is 1.14 bits per heavy atom. The molecule has 0 bridgehead atoms. The van der Waals surface area contributed by atoms with Gasteiger partial charge >= 0.3 is 0 Å². The number of H-pyrrole nitrogens is 1. The summed E-state index contributed by atoms with van der Waals surface area (Å²) in [5, 5.41) is 2.72. The van der Waals surface area contributed by atoms with Gasteiger partial charge in [-0.25, -0.2) is 9.37 Å². The highest BCUT2D eigenvalue weighted by atomic mass is 35.5. The second-order valence-electron chi connectivity index (χ2n) is 8.51. The fraction of sp³-hybridized carbons (Fsp3) is 0.280. The number of primary amides is 1. The number of rotatable bonds is 8. The molecule has 1 aromatic heterocycles. The number of anilines is 2. The number of hydrogen-bond acceptors (Lipinski definition) is 4. The van der Waals surface area contributed by atoms with E-state index in [4.69, 9.17) is 17.3 Å². The quantitative estimate of drug-likeness (QED) is 0.414. The van der Waals surface area contributed by atoms with Crippen LogP contribution in [-0.2, 0) is 0 Å². The Kier molecular flexibility index (Phi) is 7.45. The summed E-state index contributed by atoms with van der Waals surface area (Å²) in [6.45, 7) is 0.450. The first kappa shape index (κ1) is 24.4. The van der Waals surface area contributed by atoms with Gasteiger partial charge in [-0.1, -0.05) is 37.3 Å². The number of imidazole rings is 1. The Morgan fingerprint density at radius 3 is 2.51 bits per heavy atom. The zero-order valence-electron chi connectivity index (χ0n) is 18.9. The highest BCUT2D eigenvalue weighted by Crippen LogP contribution is 2.29. The average Bonchev–Trinajstić information content (AvgIpc) is 3.52. The number of aromatic nitrogens is 2. The van der Waals surface area contributed by atoms with Crippen molar-refractivity contribution < 1.29 is 18.8 Å². The minimum absolute atomic E-state index is 0.00654. The average molecular weight is 498 g/mol. The molecule has 0 radical (unpaired) electrons. The number of aromatic amines is 1. The van der Waals surface area contributed by atoms with E-state index in [0.29, 0.717) is 23.8 Å². The molecule has 3 aromatic rings. The zero-order chi connectivity index (χ0) is 24.9. The molecule has 0 atom stereocenters. The Hall–Kier alpha value is -3.72. The smallest absolute Gasteiger partial charge is 0.279 e. The van der Waals surface area contributed by atoms with Crippen LogP contribution in [-0.4, -0.2) is 34.2 Å². The number of carbonyl (C=O) groups excluding carboxylic acids is 3. The van der Waals surface area contributed by atoms with Crippen molar-refractivity contribution in [2.75, 3.05) is 16.8 Å². The maximum absolute atomic E-state index is 13.4. The van der Waals surface area contributed by atoms with Gasteiger partial charge in [-0.2, -0.15) is 0 Å². The van der Waals surface area contributed by atoms with E-state index in [0.717, 1.165) is 31.4 Å². The van der Waals surface area contributed by atoms with E-state index >= 15 is 0 Å². The van der Waals surface area contributed by atoms with Gasteiger partial charge in [-0.3, -0.25) is 14.4 Å². The summed E-state index contributed by atoms with van der Waals surface area (Å²) < 4.78 is 13.3.